The molecule has 3 heterocycles. The van der Waals surface area contributed by atoms with E-state index in [1.54, 1.807) is 23.2 Å². The Morgan fingerprint density at radius 1 is 1.13 bits per heavy atom. The fourth-order valence-electron chi connectivity index (χ4n) is 3.14. The number of hydrogen-bond acceptors (Lipinski definition) is 6. The maximum absolute atomic E-state index is 12.5. The van der Waals surface area contributed by atoms with Gasteiger partial charge in [-0.3, -0.25) is 9.88 Å². The summed E-state index contributed by atoms with van der Waals surface area (Å²) in [4.78, 5) is 25.1. The minimum absolute atomic E-state index is 0.130. The quantitative estimate of drug-likeness (QED) is 0.684. The van der Waals surface area contributed by atoms with Gasteiger partial charge in [0.15, 0.2) is 5.11 Å². The van der Waals surface area contributed by atoms with E-state index in [9.17, 15) is 4.79 Å². The summed E-state index contributed by atoms with van der Waals surface area (Å²) in [5, 5.41) is 6.75. The maximum Gasteiger partial charge on any atom is 0.416 e. The van der Waals surface area contributed by atoms with Crippen LogP contribution in [0.15, 0.2) is 42.7 Å². The number of carbonyl (C=O) groups is 1. The highest BCUT2D eigenvalue weighted by Crippen LogP contribution is 2.14. The maximum atomic E-state index is 12.5. The Balaban J connectivity index is 1.41. The number of thiocarbonyl (C=S) groups is 1. The Kier molecular flexibility index (Phi) is 7.75. The topological polar surface area (TPSA) is 82.6 Å². The number of nitrogens with zero attached hydrogens (tertiary/aromatic N) is 4. The van der Waals surface area contributed by atoms with E-state index in [-0.39, 0.29) is 17.5 Å². The van der Waals surface area contributed by atoms with Crippen molar-refractivity contribution in [3.05, 3.63) is 48.4 Å². The van der Waals surface area contributed by atoms with E-state index in [0.29, 0.717) is 18.2 Å². The second-order valence-electron chi connectivity index (χ2n) is 8.48. The number of aromatic nitrogens is 2. The van der Waals surface area contributed by atoms with Gasteiger partial charge < -0.3 is 20.3 Å². The SMILES string of the molecule is CC(C)(C)NC(=S)Nc1ccc(OC(=O)N2CCN(CCc3ccccn3)CC2)nc1. The smallest absolute Gasteiger partial charge is 0.391 e. The molecule has 0 radical (unpaired) electrons. The van der Waals surface area contributed by atoms with Crippen molar-refractivity contribution in [2.24, 2.45) is 0 Å². The second-order valence-corrected chi connectivity index (χ2v) is 8.89. The first-order chi connectivity index (χ1) is 14.8. The normalized spacial score (nSPS) is 14.7. The Morgan fingerprint density at radius 3 is 2.52 bits per heavy atom. The summed E-state index contributed by atoms with van der Waals surface area (Å²) >= 11 is 5.28. The summed E-state index contributed by atoms with van der Waals surface area (Å²) in [5.74, 6) is 0.267. The molecule has 2 aromatic heterocycles. The molecule has 2 aromatic rings. The average molecular weight is 443 g/mol. The summed E-state index contributed by atoms with van der Waals surface area (Å²) < 4.78 is 5.43. The van der Waals surface area contributed by atoms with Crippen LogP contribution >= 0.6 is 12.2 Å². The van der Waals surface area contributed by atoms with Crippen LogP contribution < -0.4 is 15.4 Å². The van der Waals surface area contributed by atoms with Gasteiger partial charge in [-0.05, 0) is 51.2 Å². The highest BCUT2D eigenvalue weighted by molar-refractivity contribution is 7.80. The number of anilines is 1. The van der Waals surface area contributed by atoms with Crippen LogP contribution in [-0.4, -0.2) is 69.2 Å². The predicted octanol–water partition coefficient (Wildman–Crippen LogP) is 2.92. The minimum Gasteiger partial charge on any atom is -0.391 e. The second kappa shape index (κ2) is 10.5. The number of ether oxygens (including phenoxy) is 1. The number of carbonyl (C=O) groups excluding carboxylic acids is 1. The molecule has 3 rings (SSSR count). The summed E-state index contributed by atoms with van der Waals surface area (Å²) in [6.07, 6.45) is 3.94. The van der Waals surface area contributed by atoms with Crippen LogP contribution in [0.3, 0.4) is 0 Å². The van der Waals surface area contributed by atoms with Crippen molar-refractivity contribution in [1.29, 1.82) is 0 Å². The first kappa shape index (κ1) is 22.9. The third kappa shape index (κ3) is 7.76. The van der Waals surface area contributed by atoms with Gasteiger partial charge >= 0.3 is 6.09 Å². The van der Waals surface area contributed by atoms with Gasteiger partial charge in [0.1, 0.15) is 0 Å². The molecule has 2 N–H and O–H groups in total. The Labute approximate surface area is 189 Å². The van der Waals surface area contributed by atoms with E-state index >= 15 is 0 Å². The summed E-state index contributed by atoms with van der Waals surface area (Å²) in [5.41, 5.74) is 1.68. The molecule has 31 heavy (non-hydrogen) atoms. The van der Waals surface area contributed by atoms with Gasteiger partial charge in [-0.25, -0.2) is 9.78 Å². The zero-order chi connectivity index (χ0) is 22.3. The molecule has 0 saturated carbocycles. The molecular formula is C22H30N6O2S. The largest absolute Gasteiger partial charge is 0.416 e. The average Bonchev–Trinajstić information content (AvgIpc) is 2.73. The standard InChI is InChI=1S/C22H30N6O2S/c1-22(2,3)26-20(31)25-18-7-8-19(24-16-18)30-21(29)28-14-12-27(13-15-28)11-9-17-6-4-5-10-23-17/h4-8,10,16H,9,11-15H2,1-3H3,(H2,25,26,31). The van der Waals surface area contributed by atoms with Gasteiger partial charge in [0, 0.05) is 62.6 Å². The Hall–Kier alpha value is -2.78. The van der Waals surface area contributed by atoms with E-state index in [2.05, 4.69) is 25.5 Å². The van der Waals surface area contributed by atoms with Crippen molar-refractivity contribution < 1.29 is 9.53 Å². The molecule has 1 aliphatic heterocycles. The molecule has 9 heteroatoms. The van der Waals surface area contributed by atoms with Crippen LogP contribution in [0.5, 0.6) is 5.88 Å². The molecule has 0 aromatic carbocycles. The molecule has 1 amide bonds. The molecule has 0 unspecified atom stereocenters. The predicted molar refractivity (Wildman–Crippen MR) is 125 cm³/mol. The van der Waals surface area contributed by atoms with Gasteiger partial charge in [0.05, 0.1) is 11.9 Å². The molecule has 1 fully saturated rings. The lowest BCUT2D eigenvalue weighted by Crippen LogP contribution is -2.50. The van der Waals surface area contributed by atoms with E-state index in [1.165, 1.54) is 0 Å². The number of hydrogen-bond donors (Lipinski definition) is 2. The highest BCUT2D eigenvalue weighted by Gasteiger charge is 2.23. The molecule has 1 aliphatic rings. The van der Waals surface area contributed by atoms with E-state index in [0.717, 1.165) is 37.4 Å². The van der Waals surface area contributed by atoms with Gasteiger partial charge in [0.25, 0.3) is 0 Å². The van der Waals surface area contributed by atoms with Gasteiger partial charge in [0.2, 0.25) is 5.88 Å². The Bertz CT molecular complexity index is 862. The first-order valence-electron chi connectivity index (χ1n) is 10.4. The van der Waals surface area contributed by atoms with Crippen molar-refractivity contribution in [2.45, 2.75) is 32.7 Å². The Morgan fingerprint density at radius 2 is 1.90 bits per heavy atom. The zero-order valence-electron chi connectivity index (χ0n) is 18.3. The van der Waals surface area contributed by atoms with Crippen LogP contribution in [0.25, 0.3) is 0 Å². The van der Waals surface area contributed by atoms with Crippen LogP contribution in [0.2, 0.25) is 0 Å². The molecule has 0 aliphatic carbocycles. The van der Waals surface area contributed by atoms with Gasteiger partial charge in [-0.15, -0.1) is 0 Å². The van der Waals surface area contributed by atoms with E-state index < -0.39 is 0 Å². The minimum atomic E-state index is -0.373. The number of nitrogens with one attached hydrogen (secondary N) is 2. The van der Waals surface area contributed by atoms with Crippen molar-refractivity contribution in [3.8, 4) is 5.88 Å². The number of rotatable bonds is 5. The molecule has 0 bridgehead atoms. The highest BCUT2D eigenvalue weighted by atomic mass is 32.1. The van der Waals surface area contributed by atoms with Crippen molar-refractivity contribution in [2.75, 3.05) is 38.0 Å². The molecule has 0 atom stereocenters. The first-order valence-corrected chi connectivity index (χ1v) is 10.8. The van der Waals surface area contributed by atoms with Crippen molar-refractivity contribution in [1.82, 2.24) is 25.1 Å². The lowest BCUT2D eigenvalue weighted by atomic mass is 10.1. The summed E-state index contributed by atoms with van der Waals surface area (Å²) in [6.45, 7) is 9.92. The van der Waals surface area contributed by atoms with Crippen LogP contribution in [0, 0.1) is 0 Å². The number of pyridine rings is 2. The van der Waals surface area contributed by atoms with E-state index in [1.807, 2.05) is 45.2 Å². The molecule has 0 spiro atoms. The van der Waals surface area contributed by atoms with Crippen LogP contribution in [0.1, 0.15) is 26.5 Å². The molecule has 8 nitrogen and oxygen atoms in total. The fraction of sp³-hybridized carbons (Fsp3) is 0.455. The lowest BCUT2D eigenvalue weighted by molar-refractivity contribution is 0.110. The summed E-state index contributed by atoms with van der Waals surface area (Å²) in [7, 11) is 0. The molecule has 1 saturated heterocycles. The number of piperazine rings is 1. The van der Waals surface area contributed by atoms with Gasteiger partial charge in [-0.1, -0.05) is 6.07 Å². The molecular weight excluding hydrogens is 412 g/mol. The summed E-state index contributed by atoms with van der Waals surface area (Å²) in [6, 6.07) is 9.40. The third-order valence-electron chi connectivity index (χ3n) is 4.72. The van der Waals surface area contributed by atoms with Crippen molar-refractivity contribution in [3.63, 3.8) is 0 Å². The third-order valence-corrected chi connectivity index (χ3v) is 4.92. The van der Waals surface area contributed by atoms with Crippen LogP contribution in [-0.2, 0) is 6.42 Å². The monoisotopic (exact) mass is 442 g/mol. The van der Waals surface area contributed by atoms with Gasteiger partial charge in [-0.2, -0.15) is 0 Å². The van der Waals surface area contributed by atoms with Crippen molar-refractivity contribution >= 4 is 29.1 Å². The van der Waals surface area contributed by atoms with Crippen LogP contribution in [0.4, 0.5) is 10.5 Å². The van der Waals surface area contributed by atoms with E-state index in [4.69, 9.17) is 17.0 Å². The number of amides is 1. The fourth-order valence-corrected chi connectivity index (χ4v) is 3.57. The zero-order valence-corrected chi connectivity index (χ0v) is 19.1. The lowest BCUT2D eigenvalue weighted by Gasteiger charge is -2.33. The molecule has 166 valence electrons.